The number of aliphatic imine (C=N–C) groups is 1. The average molecular weight is 269 g/mol. The molecular weight excluding hydrogens is 254 g/mol. The summed E-state index contributed by atoms with van der Waals surface area (Å²) < 4.78 is 5.36. The first-order valence-electron chi connectivity index (χ1n) is 6.36. The highest BCUT2D eigenvalue weighted by atomic mass is 16.3. The molecule has 1 aromatic heterocycles. The topological polar surface area (TPSA) is 80.6 Å². The fraction of sp³-hybridized carbons (Fsp3) is 0.200. The number of hydrogen-bond donors (Lipinski definition) is 2. The van der Waals surface area contributed by atoms with Gasteiger partial charge in [0.2, 0.25) is 0 Å². The molecule has 1 aliphatic heterocycles. The number of carbonyl (C=O) groups is 1. The monoisotopic (exact) mass is 269 g/mol. The van der Waals surface area contributed by atoms with Crippen LogP contribution in [0.5, 0.6) is 0 Å². The summed E-state index contributed by atoms with van der Waals surface area (Å²) in [5.74, 6) is 0.608. The van der Waals surface area contributed by atoms with Crippen molar-refractivity contribution in [3.8, 4) is 0 Å². The van der Waals surface area contributed by atoms with Crippen LogP contribution in [0.1, 0.15) is 16.9 Å². The Kier molecular flexibility index (Phi) is 2.82. The van der Waals surface area contributed by atoms with Gasteiger partial charge in [0, 0.05) is 6.42 Å². The van der Waals surface area contributed by atoms with Gasteiger partial charge in [-0.1, -0.05) is 29.8 Å². The third-order valence-electron chi connectivity index (χ3n) is 3.47. The Bertz CT molecular complexity index is 659. The zero-order chi connectivity index (χ0) is 14.2. The summed E-state index contributed by atoms with van der Waals surface area (Å²) in [5.41, 5.74) is 6.56. The van der Waals surface area contributed by atoms with Crippen LogP contribution in [-0.4, -0.2) is 11.9 Å². The third kappa shape index (κ3) is 1.97. The maximum Gasteiger partial charge on any atom is 0.259 e. The molecule has 1 aromatic carbocycles. The molecule has 0 unspecified atom stereocenters. The molecule has 0 radical (unpaired) electrons. The molecule has 1 atom stereocenters. The van der Waals surface area contributed by atoms with Crippen LogP contribution >= 0.6 is 0 Å². The van der Waals surface area contributed by atoms with Crippen LogP contribution in [-0.2, 0) is 16.8 Å². The molecule has 5 heteroatoms. The second kappa shape index (κ2) is 4.52. The highest BCUT2D eigenvalue weighted by Crippen LogP contribution is 2.33. The van der Waals surface area contributed by atoms with Gasteiger partial charge in [-0.25, -0.2) is 4.99 Å². The molecule has 1 aliphatic rings. The zero-order valence-corrected chi connectivity index (χ0v) is 11.1. The van der Waals surface area contributed by atoms with Crippen molar-refractivity contribution >= 4 is 11.9 Å². The fourth-order valence-corrected chi connectivity index (χ4v) is 2.42. The van der Waals surface area contributed by atoms with E-state index in [0.29, 0.717) is 12.2 Å². The minimum atomic E-state index is -1.05. The van der Waals surface area contributed by atoms with E-state index in [-0.39, 0.29) is 11.9 Å². The smallest absolute Gasteiger partial charge is 0.259 e. The Morgan fingerprint density at radius 3 is 2.60 bits per heavy atom. The van der Waals surface area contributed by atoms with E-state index in [1.807, 2.05) is 37.3 Å². The number of carbonyl (C=O) groups excluding carboxylic acids is 1. The van der Waals surface area contributed by atoms with Gasteiger partial charge in [-0.2, -0.15) is 0 Å². The molecule has 3 N–H and O–H groups in total. The van der Waals surface area contributed by atoms with E-state index in [1.54, 1.807) is 12.3 Å². The number of rotatable bonds is 3. The normalized spacial score (nSPS) is 21.6. The summed E-state index contributed by atoms with van der Waals surface area (Å²) in [6.45, 7) is 2.00. The minimum absolute atomic E-state index is 0.141. The van der Waals surface area contributed by atoms with Crippen LogP contribution in [0.15, 0.2) is 52.1 Å². The number of aryl methyl sites for hydroxylation is 1. The Balaban J connectivity index is 2.08. The number of guanidine groups is 1. The fourth-order valence-electron chi connectivity index (χ4n) is 2.42. The molecule has 0 bridgehead atoms. The van der Waals surface area contributed by atoms with Crippen molar-refractivity contribution in [3.05, 3.63) is 59.5 Å². The Labute approximate surface area is 116 Å². The maximum absolute atomic E-state index is 12.4. The van der Waals surface area contributed by atoms with E-state index in [4.69, 9.17) is 10.2 Å². The summed E-state index contributed by atoms with van der Waals surface area (Å²) in [6.07, 6.45) is 1.92. The number of nitrogens with one attached hydrogen (secondary N) is 1. The second-order valence-electron chi connectivity index (χ2n) is 4.93. The summed E-state index contributed by atoms with van der Waals surface area (Å²) in [5, 5.41) is 2.58. The Morgan fingerprint density at radius 2 is 2.05 bits per heavy atom. The first-order valence-corrected chi connectivity index (χ1v) is 6.36. The number of furan rings is 1. The summed E-state index contributed by atoms with van der Waals surface area (Å²) in [6, 6.07) is 11.3. The molecule has 5 nitrogen and oxygen atoms in total. The number of nitrogens with two attached hydrogens (primary N) is 1. The van der Waals surface area contributed by atoms with Gasteiger partial charge in [-0.3, -0.25) is 10.1 Å². The standard InChI is InChI=1S/C15H15N3O2/c1-10-4-6-11(7-5-10)15(9-12-3-2-8-20-12)13(19)17-14(16)18-15/h2-8H,9H2,1H3,(H3,16,17,18,19)/t15-/m0/s1. The molecule has 0 aliphatic carbocycles. The quantitative estimate of drug-likeness (QED) is 0.885. The molecule has 0 saturated heterocycles. The van der Waals surface area contributed by atoms with Crippen LogP contribution < -0.4 is 11.1 Å². The number of nitrogens with zero attached hydrogens (tertiary/aromatic N) is 1. The number of benzene rings is 1. The van der Waals surface area contributed by atoms with E-state index >= 15 is 0 Å². The lowest BCUT2D eigenvalue weighted by Crippen LogP contribution is -2.40. The average Bonchev–Trinajstić information content (AvgIpc) is 3.00. The van der Waals surface area contributed by atoms with Crippen molar-refractivity contribution in [1.29, 1.82) is 0 Å². The van der Waals surface area contributed by atoms with Crippen LogP contribution in [0.25, 0.3) is 0 Å². The number of amides is 1. The van der Waals surface area contributed by atoms with Gasteiger partial charge in [-0.15, -0.1) is 0 Å². The lowest BCUT2D eigenvalue weighted by atomic mass is 9.85. The summed E-state index contributed by atoms with van der Waals surface area (Å²) in [7, 11) is 0. The largest absolute Gasteiger partial charge is 0.469 e. The van der Waals surface area contributed by atoms with Gasteiger partial charge >= 0.3 is 0 Å². The number of hydrogen-bond acceptors (Lipinski definition) is 4. The first-order chi connectivity index (χ1) is 9.60. The summed E-state index contributed by atoms with van der Waals surface area (Å²) >= 11 is 0. The van der Waals surface area contributed by atoms with Gasteiger partial charge in [0.25, 0.3) is 5.91 Å². The maximum atomic E-state index is 12.4. The van der Waals surface area contributed by atoms with Gasteiger partial charge < -0.3 is 10.2 Å². The van der Waals surface area contributed by atoms with E-state index in [0.717, 1.165) is 11.1 Å². The van der Waals surface area contributed by atoms with E-state index in [2.05, 4.69) is 10.3 Å². The molecule has 0 spiro atoms. The van der Waals surface area contributed by atoms with E-state index in [1.165, 1.54) is 0 Å². The van der Waals surface area contributed by atoms with Crippen LogP contribution in [0.2, 0.25) is 0 Å². The van der Waals surface area contributed by atoms with Gasteiger partial charge in [0.15, 0.2) is 11.5 Å². The van der Waals surface area contributed by atoms with E-state index < -0.39 is 5.54 Å². The lowest BCUT2D eigenvalue weighted by molar-refractivity contribution is -0.124. The van der Waals surface area contributed by atoms with Crippen molar-refractivity contribution in [3.63, 3.8) is 0 Å². The van der Waals surface area contributed by atoms with Crippen LogP contribution in [0, 0.1) is 6.92 Å². The molecule has 2 aromatic rings. The van der Waals surface area contributed by atoms with Crippen molar-refractivity contribution in [2.75, 3.05) is 0 Å². The van der Waals surface area contributed by atoms with Crippen molar-refractivity contribution in [2.45, 2.75) is 18.9 Å². The molecule has 20 heavy (non-hydrogen) atoms. The van der Waals surface area contributed by atoms with Gasteiger partial charge in [0.1, 0.15) is 5.76 Å². The SMILES string of the molecule is Cc1ccc([C@]2(Cc3ccco3)N=C(N)NC2=O)cc1. The lowest BCUT2D eigenvalue weighted by Gasteiger charge is -2.22. The molecule has 102 valence electrons. The summed E-state index contributed by atoms with van der Waals surface area (Å²) in [4.78, 5) is 16.7. The Morgan fingerprint density at radius 1 is 1.30 bits per heavy atom. The molecule has 1 amide bonds. The molecule has 0 fully saturated rings. The van der Waals surface area contributed by atoms with Crippen LogP contribution in [0.4, 0.5) is 0 Å². The van der Waals surface area contributed by atoms with Gasteiger partial charge in [-0.05, 0) is 24.6 Å². The third-order valence-corrected chi connectivity index (χ3v) is 3.47. The zero-order valence-electron chi connectivity index (χ0n) is 11.1. The molecule has 2 heterocycles. The molecule has 0 saturated carbocycles. The highest BCUT2D eigenvalue weighted by molar-refractivity contribution is 6.07. The van der Waals surface area contributed by atoms with Crippen LogP contribution in [0.3, 0.4) is 0 Å². The predicted molar refractivity (Wildman–Crippen MR) is 75.0 cm³/mol. The predicted octanol–water partition coefficient (Wildman–Crippen LogP) is 1.47. The van der Waals surface area contributed by atoms with Gasteiger partial charge in [0.05, 0.1) is 6.26 Å². The molecule has 3 rings (SSSR count). The molecular formula is C15H15N3O2. The van der Waals surface area contributed by atoms with Crippen molar-refractivity contribution in [2.24, 2.45) is 10.7 Å². The second-order valence-corrected chi connectivity index (χ2v) is 4.93. The van der Waals surface area contributed by atoms with Crippen molar-refractivity contribution in [1.82, 2.24) is 5.32 Å². The first kappa shape index (κ1) is 12.5. The highest BCUT2D eigenvalue weighted by Gasteiger charge is 2.45. The van der Waals surface area contributed by atoms with E-state index in [9.17, 15) is 4.79 Å². The minimum Gasteiger partial charge on any atom is -0.469 e. The Hall–Kier alpha value is -2.56. The van der Waals surface area contributed by atoms with Crippen molar-refractivity contribution < 1.29 is 9.21 Å².